The first-order chi connectivity index (χ1) is 14.6. The van der Waals surface area contributed by atoms with Crippen LogP contribution in [0.3, 0.4) is 0 Å². The van der Waals surface area contributed by atoms with E-state index in [0.29, 0.717) is 29.7 Å². The van der Waals surface area contributed by atoms with Gasteiger partial charge in [-0.25, -0.2) is 4.98 Å². The molecule has 158 valence electrons. The summed E-state index contributed by atoms with van der Waals surface area (Å²) in [4.78, 5) is 36.8. The molecular weight excluding hydrogens is 376 g/mol. The Kier molecular flexibility index (Phi) is 5.19. The van der Waals surface area contributed by atoms with Crippen LogP contribution in [-0.4, -0.2) is 57.4 Å². The maximum Gasteiger partial charge on any atom is 0.263 e. The zero-order chi connectivity index (χ0) is 20.7. The number of carbonyl (C=O) groups is 1. The molecule has 1 aromatic heterocycles. The fraction of sp³-hybridized carbons (Fsp3) is 0.542. The Labute approximate surface area is 177 Å². The van der Waals surface area contributed by atoms with Crippen molar-refractivity contribution in [1.82, 2.24) is 19.8 Å². The first kappa shape index (κ1) is 19.5. The van der Waals surface area contributed by atoms with E-state index in [2.05, 4.69) is 45.2 Å². The second-order valence-electron chi connectivity index (χ2n) is 9.32. The van der Waals surface area contributed by atoms with Crippen LogP contribution in [0.4, 0.5) is 0 Å². The van der Waals surface area contributed by atoms with Crippen molar-refractivity contribution in [3.05, 3.63) is 63.8 Å². The predicted octanol–water partition coefficient (Wildman–Crippen LogP) is 2.64. The third kappa shape index (κ3) is 3.69. The van der Waals surface area contributed by atoms with Crippen LogP contribution in [0.1, 0.15) is 47.4 Å². The summed E-state index contributed by atoms with van der Waals surface area (Å²) < 4.78 is 0. The minimum Gasteiger partial charge on any atom is -0.338 e. The van der Waals surface area contributed by atoms with Gasteiger partial charge in [0.05, 0.1) is 0 Å². The van der Waals surface area contributed by atoms with Gasteiger partial charge in [0, 0.05) is 37.9 Å². The predicted molar refractivity (Wildman–Crippen MR) is 115 cm³/mol. The third-order valence-corrected chi connectivity index (χ3v) is 7.27. The SMILES string of the molecule is Cc1ncc(C(=O)N2C[C@@H]3C[C@H](C2)[C@@H]2CCC[C@H](Cc4ccccc4)N2C3)c(=O)[nH]1. The van der Waals surface area contributed by atoms with Crippen LogP contribution >= 0.6 is 0 Å². The van der Waals surface area contributed by atoms with Crippen molar-refractivity contribution < 1.29 is 4.79 Å². The molecule has 0 unspecified atom stereocenters. The van der Waals surface area contributed by atoms with Crippen LogP contribution in [0.15, 0.2) is 41.3 Å². The highest BCUT2D eigenvalue weighted by Gasteiger charge is 2.45. The number of aryl methyl sites for hydroxylation is 1. The van der Waals surface area contributed by atoms with E-state index in [4.69, 9.17) is 0 Å². The number of H-pyrrole nitrogens is 1. The molecule has 1 amide bonds. The quantitative estimate of drug-likeness (QED) is 0.851. The van der Waals surface area contributed by atoms with Crippen molar-refractivity contribution in [2.45, 2.75) is 51.1 Å². The zero-order valence-corrected chi connectivity index (χ0v) is 17.6. The number of aromatic nitrogens is 2. The minimum atomic E-state index is -0.328. The van der Waals surface area contributed by atoms with E-state index in [1.807, 2.05) is 4.90 Å². The van der Waals surface area contributed by atoms with Crippen molar-refractivity contribution in [2.24, 2.45) is 11.8 Å². The summed E-state index contributed by atoms with van der Waals surface area (Å²) in [6, 6.07) is 12.0. The molecule has 0 radical (unpaired) electrons. The van der Waals surface area contributed by atoms with Gasteiger partial charge in [0.2, 0.25) is 0 Å². The van der Waals surface area contributed by atoms with Gasteiger partial charge in [-0.3, -0.25) is 14.5 Å². The first-order valence-electron chi connectivity index (χ1n) is 11.2. The van der Waals surface area contributed by atoms with Crippen molar-refractivity contribution in [2.75, 3.05) is 19.6 Å². The summed E-state index contributed by atoms with van der Waals surface area (Å²) in [5, 5.41) is 0. The maximum absolute atomic E-state index is 13.1. The van der Waals surface area contributed by atoms with Crippen LogP contribution in [0.25, 0.3) is 0 Å². The van der Waals surface area contributed by atoms with Crippen molar-refractivity contribution in [3.8, 4) is 0 Å². The summed E-state index contributed by atoms with van der Waals surface area (Å²) in [5.41, 5.74) is 1.26. The molecule has 3 aliphatic heterocycles. The highest BCUT2D eigenvalue weighted by molar-refractivity contribution is 5.93. The summed E-state index contributed by atoms with van der Waals surface area (Å²) in [6.45, 7) is 4.28. The van der Waals surface area contributed by atoms with Gasteiger partial charge < -0.3 is 9.88 Å². The normalized spacial score (nSPS) is 28.8. The molecule has 4 heterocycles. The average Bonchev–Trinajstić information content (AvgIpc) is 2.74. The summed E-state index contributed by atoms with van der Waals surface area (Å²) >= 11 is 0. The number of nitrogens with one attached hydrogen (secondary N) is 1. The van der Waals surface area contributed by atoms with E-state index < -0.39 is 0 Å². The number of piperidine rings is 3. The molecule has 6 nitrogen and oxygen atoms in total. The Morgan fingerprint density at radius 2 is 2.00 bits per heavy atom. The number of hydrogen-bond donors (Lipinski definition) is 1. The van der Waals surface area contributed by atoms with Crippen LogP contribution < -0.4 is 5.56 Å². The molecule has 0 aliphatic carbocycles. The van der Waals surface area contributed by atoms with Crippen molar-refractivity contribution in [1.29, 1.82) is 0 Å². The standard InChI is InChI=1S/C24H30N4O2/c1-16-25-12-21(23(29)26-16)24(30)27-13-18-10-19(15-27)22-9-5-8-20(28(22)14-18)11-17-6-3-2-4-7-17/h2-4,6-7,12,18-20,22H,5,8-11,13-15H2,1H3,(H,25,26,29)/t18-,19+,20+,22-/m0/s1. The Bertz CT molecular complexity index is 973. The van der Waals surface area contributed by atoms with Crippen molar-refractivity contribution >= 4 is 5.91 Å². The molecule has 6 heteroatoms. The van der Waals surface area contributed by atoms with Crippen molar-refractivity contribution in [3.63, 3.8) is 0 Å². The summed E-state index contributed by atoms with van der Waals surface area (Å²) in [7, 11) is 0. The number of hydrogen-bond acceptors (Lipinski definition) is 4. The lowest BCUT2D eigenvalue weighted by atomic mass is 9.74. The van der Waals surface area contributed by atoms with Crippen LogP contribution in [0, 0.1) is 18.8 Å². The average molecular weight is 407 g/mol. The van der Waals surface area contributed by atoms with E-state index in [9.17, 15) is 9.59 Å². The van der Waals surface area contributed by atoms with Gasteiger partial charge in [-0.15, -0.1) is 0 Å². The number of fused-ring (bicyclic) bond motifs is 4. The first-order valence-corrected chi connectivity index (χ1v) is 11.2. The molecule has 1 N–H and O–H groups in total. The van der Waals surface area contributed by atoms with Gasteiger partial charge in [0.25, 0.3) is 11.5 Å². The fourth-order valence-corrected chi connectivity index (χ4v) is 5.99. The van der Waals surface area contributed by atoms with Gasteiger partial charge >= 0.3 is 0 Å². The van der Waals surface area contributed by atoms with Crippen LogP contribution in [0.5, 0.6) is 0 Å². The molecule has 3 aliphatic rings. The highest BCUT2D eigenvalue weighted by atomic mass is 16.2. The van der Waals surface area contributed by atoms with Gasteiger partial charge in [0.15, 0.2) is 0 Å². The lowest BCUT2D eigenvalue weighted by Crippen LogP contribution is -2.62. The van der Waals surface area contributed by atoms with E-state index in [-0.39, 0.29) is 17.0 Å². The van der Waals surface area contributed by atoms with Crippen LogP contribution in [0.2, 0.25) is 0 Å². The monoisotopic (exact) mass is 406 g/mol. The topological polar surface area (TPSA) is 69.3 Å². The van der Waals surface area contributed by atoms with E-state index in [1.54, 1.807) is 6.92 Å². The van der Waals surface area contributed by atoms with Gasteiger partial charge in [-0.1, -0.05) is 36.8 Å². The molecule has 3 fully saturated rings. The minimum absolute atomic E-state index is 0.163. The lowest BCUT2D eigenvalue weighted by molar-refractivity contribution is -0.0499. The molecule has 0 spiro atoms. The second-order valence-corrected chi connectivity index (χ2v) is 9.32. The number of nitrogens with zero attached hydrogens (tertiary/aromatic N) is 3. The Hall–Kier alpha value is -2.47. The number of aromatic amines is 1. The van der Waals surface area contributed by atoms with Gasteiger partial charge in [0.1, 0.15) is 11.4 Å². The lowest BCUT2D eigenvalue weighted by Gasteiger charge is -2.55. The third-order valence-electron chi connectivity index (χ3n) is 7.27. The highest BCUT2D eigenvalue weighted by Crippen LogP contribution is 2.40. The van der Waals surface area contributed by atoms with Gasteiger partial charge in [-0.2, -0.15) is 0 Å². The largest absolute Gasteiger partial charge is 0.338 e. The van der Waals surface area contributed by atoms with E-state index in [1.165, 1.54) is 37.4 Å². The Balaban J connectivity index is 1.32. The Morgan fingerprint density at radius 3 is 2.80 bits per heavy atom. The fourth-order valence-electron chi connectivity index (χ4n) is 5.99. The molecular formula is C24H30N4O2. The number of rotatable bonds is 3. The molecule has 4 atom stereocenters. The number of carbonyl (C=O) groups excluding carboxylic acids is 1. The van der Waals surface area contributed by atoms with Crippen LogP contribution in [-0.2, 0) is 6.42 Å². The zero-order valence-electron chi connectivity index (χ0n) is 17.6. The number of likely N-dealkylation sites (tertiary alicyclic amines) is 1. The summed E-state index contributed by atoms with van der Waals surface area (Å²) in [5.74, 6) is 1.35. The van der Waals surface area contributed by atoms with E-state index >= 15 is 0 Å². The van der Waals surface area contributed by atoms with E-state index in [0.717, 1.165) is 26.1 Å². The summed E-state index contributed by atoms with van der Waals surface area (Å²) in [6.07, 6.45) is 7.49. The number of amides is 1. The Morgan fingerprint density at radius 1 is 1.17 bits per heavy atom. The smallest absolute Gasteiger partial charge is 0.263 e. The maximum atomic E-state index is 13.1. The molecule has 5 rings (SSSR count). The molecule has 2 aromatic rings. The molecule has 3 saturated heterocycles. The molecule has 30 heavy (non-hydrogen) atoms. The van der Waals surface area contributed by atoms with Gasteiger partial charge in [-0.05, 0) is 50.0 Å². The second kappa shape index (κ2) is 7.99. The number of benzene rings is 1. The molecule has 1 aromatic carbocycles. The molecule has 0 saturated carbocycles. The molecule has 2 bridgehead atoms.